The number of benzene rings is 1. The molecular formula is C17H12N3S3-. The van der Waals surface area contributed by atoms with Crippen molar-refractivity contribution in [2.24, 2.45) is 0 Å². The number of nitrogens with zero attached hydrogens (tertiary/aromatic N) is 3. The van der Waals surface area contributed by atoms with E-state index in [0.717, 1.165) is 16.1 Å². The Hall–Kier alpha value is -1.77. The summed E-state index contributed by atoms with van der Waals surface area (Å²) < 4.78 is 0.232. The van der Waals surface area contributed by atoms with Gasteiger partial charge >= 0.3 is 0 Å². The highest BCUT2D eigenvalue weighted by Gasteiger charge is 2.28. The van der Waals surface area contributed by atoms with Crippen LogP contribution in [0.1, 0.15) is 28.3 Å². The molecule has 3 nitrogen and oxygen atoms in total. The third-order valence-corrected chi connectivity index (χ3v) is 7.78. The van der Waals surface area contributed by atoms with Crippen LogP contribution in [0.3, 0.4) is 0 Å². The first-order valence-corrected chi connectivity index (χ1v) is 9.46. The first-order valence-electron chi connectivity index (χ1n) is 6.88. The quantitative estimate of drug-likeness (QED) is 0.525. The molecule has 114 valence electrons. The van der Waals surface area contributed by atoms with Crippen LogP contribution in [-0.4, -0.2) is 10.9 Å². The molecule has 6 heteroatoms. The van der Waals surface area contributed by atoms with Crippen LogP contribution in [0.4, 0.5) is 0 Å². The zero-order chi connectivity index (χ0) is 16.4. The van der Waals surface area contributed by atoms with Gasteiger partial charge in [0.2, 0.25) is 0 Å². The smallest absolute Gasteiger partial charge is 0.141 e. The number of hydrogen-bond acceptors (Lipinski definition) is 5. The fraction of sp³-hybridized carbons (Fsp3) is 0.176. The predicted molar refractivity (Wildman–Crippen MR) is 101 cm³/mol. The largest absolute Gasteiger partial charge is 0.762 e. The molecule has 1 aromatic heterocycles. The lowest BCUT2D eigenvalue weighted by molar-refractivity contribution is 1.33. The SMILES string of the molecule is CC1=C(C)SC(c2sc(C(=C=[N-])C#N)nc2-c2ccccc2)S1. The van der Waals surface area contributed by atoms with Gasteiger partial charge in [-0.25, -0.2) is 10.9 Å². The summed E-state index contributed by atoms with van der Waals surface area (Å²) in [6, 6.07) is 11.9. The fourth-order valence-corrected chi connectivity index (χ4v) is 6.37. The average Bonchev–Trinajstić information content (AvgIpc) is 3.14. The minimum absolute atomic E-state index is 0.0767. The summed E-state index contributed by atoms with van der Waals surface area (Å²) in [5.41, 5.74) is 1.97. The number of allylic oxidation sites excluding steroid dienone is 3. The molecule has 0 N–H and O–H groups in total. The number of aromatic nitrogens is 1. The van der Waals surface area contributed by atoms with E-state index in [4.69, 9.17) is 10.7 Å². The molecule has 1 aliphatic heterocycles. The molecule has 2 aromatic rings. The molecule has 0 saturated carbocycles. The highest BCUT2D eigenvalue weighted by Crippen LogP contribution is 2.57. The van der Waals surface area contributed by atoms with E-state index in [1.165, 1.54) is 21.1 Å². The monoisotopic (exact) mass is 354 g/mol. The molecule has 0 fully saturated rings. The van der Waals surface area contributed by atoms with E-state index in [9.17, 15) is 0 Å². The Morgan fingerprint density at radius 3 is 2.39 bits per heavy atom. The van der Waals surface area contributed by atoms with Gasteiger partial charge in [0.1, 0.15) is 16.6 Å². The van der Waals surface area contributed by atoms with Gasteiger partial charge in [0, 0.05) is 5.56 Å². The second-order valence-corrected chi connectivity index (χ2v) is 8.84. The fourth-order valence-electron chi connectivity index (χ4n) is 2.14. The third kappa shape index (κ3) is 3.15. The van der Waals surface area contributed by atoms with Gasteiger partial charge in [0.05, 0.1) is 15.2 Å². The molecule has 0 saturated heterocycles. The van der Waals surface area contributed by atoms with Crippen LogP contribution in [0.15, 0.2) is 40.1 Å². The van der Waals surface area contributed by atoms with Crippen molar-refractivity contribution in [3.05, 3.63) is 55.4 Å². The summed E-state index contributed by atoms with van der Waals surface area (Å²) in [5.74, 6) is 1.95. The third-order valence-electron chi connectivity index (χ3n) is 3.42. The van der Waals surface area contributed by atoms with Crippen molar-refractivity contribution in [3.8, 4) is 17.3 Å². The van der Waals surface area contributed by atoms with Gasteiger partial charge in [0.25, 0.3) is 0 Å². The molecule has 0 atom stereocenters. The Balaban J connectivity index is 2.11. The first-order chi connectivity index (χ1) is 11.1. The first kappa shape index (κ1) is 16.1. The number of hydrogen-bond donors (Lipinski definition) is 0. The van der Waals surface area contributed by atoms with Crippen LogP contribution in [-0.2, 0) is 0 Å². The van der Waals surface area contributed by atoms with Crippen molar-refractivity contribution < 1.29 is 0 Å². The Morgan fingerprint density at radius 1 is 1.17 bits per heavy atom. The van der Waals surface area contributed by atoms with Gasteiger partial charge in [0.15, 0.2) is 0 Å². The van der Waals surface area contributed by atoms with Crippen molar-refractivity contribution in [3.63, 3.8) is 0 Å². The summed E-state index contributed by atoms with van der Waals surface area (Å²) in [5, 5.41) is 18.8. The molecule has 0 radical (unpaired) electrons. The van der Waals surface area contributed by atoms with E-state index in [1.807, 2.05) is 65.8 Å². The van der Waals surface area contributed by atoms with Gasteiger partial charge in [-0.2, -0.15) is 5.26 Å². The maximum atomic E-state index is 9.14. The highest BCUT2D eigenvalue weighted by molar-refractivity contribution is 8.23. The van der Waals surface area contributed by atoms with Crippen molar-refractivity contribution >= 4 is 46.3 Å². The molecule has 0 aliphatic carbocycles. The summed E-state index contributed by atoms with van der Waals surface area (Å²) in [4.78, 5) is 8.36. The minimum atomic E-state index is 0.0767. The normalized spacial score (nSPS) is 14.7. The minimum Gasteiger partial charge on any atom is -0.762 e. The van der Waals surface area contributed by atoms with Crippen LogP contribution in [0.25, 0.3) is 22.2 Å². The molecule has 0 unspecified atom stereocenters. The van der Waals surface area contributed by atoms with E-state index in [1.54, 1.807) is 0 Å². The second-order valence-electron chi connectivity index (χ2n) is 4.88. The average molecular weight is 355 g/mol. The Labute approximate surface area is 147 Å². The van der Waals surface area contributed by atoms with Gasteiger partial charge in [-0.05, 0) is 23.7 Å². The Bertz CT molecular complexity index is 854. The molecule has 1 aromatic carbocycles. The Morgan fingerprint density at radius 2 is 1.83 bits per heavy atom. The molecule has 0 spiro atoms. The maximum absolute atomic E-state index is 9.14. The number of nitriles is 1. The summed E-state index contributed by atoms with van der Waals surface area (Å²) in [6.07, 6.45) is 0. The van der Waals surface area contributed by atoms with Crippen LogP contribution < -0.4 is 0 Å². The molecule has 23 heavy (non-hydrogen) atoms. The molecule has 0 amide bonds. The van der Waals surface area contributed by atoms with E-state index in [2.05, 4.69) is 18.8 Å². The zero-order valence-corrected chi connectivity index (χ0v) is 15.0. The number of thiazole rings is 1. The second kappa shape index (κ2) is 6.77. The summed E-state index contributed by atoms with van der Waals surface area (Å²) in [6.45, 7) is 4.25. The van der Waals surface area contributed by atoms with E-state index in [-0.39, 0.29) is 10.2 Å². The van der Waals surface area contributed by atoms with Gasteiger partial charge in [-0.15, -0.1) is 34.9 Å². The topological polar surface area (TPSA) is 59.0 Å². The lowest BCUT2D eigenvalue weighted by atomic mass is 10.1. The molecule has 2 heterocycles. The molecule has 3 rings (SSSR count). The van der Waals surface area contributed by atoms with E-state index < -0.39 is 0 Å². The van der Waals surface area contributed by atoms with Crippen molar-refractivity contribution in [2.75, 3.05) is 0 Å². The molecule has 1 aliphatic rings. The summed E-state index contributed by atoms with van der Waals surface area (Å²) in [7, 11) is 0. The predicted octanol–water partition coefficient (Wildman–Crippen LogP) is 5.69. The van der Waals surface area contributed by atoms with Crippen molar-refractivity contribution in [1.29, 1.82) is 5.26 Å². The van der Waals surface area contributed by atoms with Gasteiger partial charge in [-0.1, -0.05) is 30.3 Å². The van der Waals surface area contributed by atoms with Crippen LogP contribution in [0.5, 0.6) is 0 Å². The zero-order valence-electron chi connectivity index (χ0n) is 12.5. The lowest BCUT2D eigenvalue weighted by Crippen LogP contribution is -1.87. The van der Waals surface area contributed by atoms with Gasteiger partial charge in [-0.3, -0.25) is 0 Å². The van der Waals surface area contributed by atoms with Crippen LogP contribution in [0.2, 0.25) is 0 Å². The number of thioether (sulfide) groups is 2. The highest BCUT2D eigenvalue weighted by atomic mass is 32.2. The molecular weight excluding hydrogens is 342 g/mol. The van der Waals surface area contributed by atoms with E-state index in [0.29, 0.717) is 5.01 Å². The number of rotatable bonds is 3. The van der Waals surface area contributed by atoms with Crippen LogP contribution in [0, 0.1) is 11.3 Å². The van der Waals surface area contributed by atoms with Crippen molar-refractivity contribution in [1.82, 2.24) is 4.98 Å². The summed E-state index contributed by atoms with van der Waals surface area (Å²) >= 11 is 5.08. The standard InChI is InChI=1S/C17H12N3S3/c1-10-11(2)22-17(21-10)15-14(12-6-4-3-5-7-12)20-16(23-15)13(8-18)9-19/h3-7,17H,1-2H3/q-1. The van der Waals surface area contributed by atoms with E-state index >= 15 is 0 Å². The lowest BCUT2D eigenvalue weighted by Gasteiger charge is -2.08. The Kier molecular flexibility index (Phi) is 4.74. The van der Waals surface area contributed by atoms with Crippen molar-refractivity contribution in [2.45, 2.75) is 18.4 Å². The van der Waals surface area contributed by atoms with Gasteiger partial charge < -0.3 is 5.41 Å². The maximum Gasteiger partial charge on any atom is 0.141 e. The molecule has 0 bridgehead atoms. The van der Waals surface area contributed by atoms with Crippen LogP contribution >= 0.6 is 34.9 Å².